The molecule has 1 aliphatic heterocycles. The minimum atomic E-state index is -0.180. The van der Waals surface area contributed by atoms with Crippen LogP contribution in [0.2, 0.25) is 0 Å². The minimum absolute atomic E-state index is 0.143. The van der Waals surface area contributed by atoms with Crippen molar-refractivity contribution in [3.8, 4) is 11.8 Å². The van der Waals surface area contributed by atoms with Gasteiger partial charge in [-0.1, -0.05) is 24.3 Å². The van der Waals surface area contributed by atoms with Crippen molar-refractivity contribution < 1.29 is 9.13 Å². The number of halogens is 1. The molecule has 3 unspecified atom stereocenters. The molecule has 2 aromatic rings. The molecule has 2 aromatic carbocycles. The van der Waals surface area contributed by atoms with E-state index in [4.69, 9.17) is 4.74 Å². The first-order chi connectivity index (χ1) is 14.2. The van der Waals surface area contributed by atoms with Crippen LogP contribution in [0.4, 0.5) is 4.39 Å². The first kappa shape index (κ1) is 20.6. The largest absolute Gasteiger partial charge is 0.496 e. The Bertz CT molecular complexity index is 891. The van der Waals surface area contributed by atoms with E-state index >= 15 is 0 Å². The highest BCUT2D eigenvalue weighted by Crippen LogP contribution is 2.49. The summed E-state index contributed by atoms with van der Waals surface area (Å²) in [6, 6.07) is 15.7. The maximum atomic E-state index is 13.8. The first-order valence-corrected chi connectivity index (χ1v) is 12.3. The molecule has 0 spiro atoms. The van der Waals surface area contributed by atoms with Gasteiger partial charge < -0.3 is 4.74 Å². The Kier molecular flexibility index (Phi) is 6.72. The lowest BCUT2D eigenvalue weighted by atomic mass is 9.69. The molecule has 5 heteroatoms. The summed E-state index contributed by atoms with van der Waals surface area (Å²) in [4.78, 5) is 0. The zero-order valence-electron chi connectivity index (χ0n) is 16.6. The lowest BCUT2D eigenvalue weighted by Gasteiger charge is -2.40. The van der Waals surface area contributed by atoms with E-state index in [1.807, 2.05) is 41.7 Å². The Balaban J connectivity index is 1.68. The van der Waals surface area contributed by atoms with Crippen molar-refractivity contribution in [1.82, 2.24) is 0 Å². The van der Waals surface area contributed by atoms with E-state index in [2.05, 4.69) is 12.1 Å². The molecule has 0 bridgehead atoms. The number of methoxy groups -OCH3 is 1. The van der Waals surface area contributed by atoms with E-state index in [1.165, 1.54) is 29.6 Å². The van der Waals surface area contributed by atoms with Crippen LogP contribution in [0.5, 0.6) is 5.75 Å². The van der Waals surface area contributed by atoms with Crippen molar-refractivity contribution in [3.05, 3.63) is 65.0 Å². The van der Waals surface area contributed by atoms with Gasteiger partial charge in [0.05, 0.1) is 23.7 Å². The van der Waals surface area contributed by atoms with Crippen molar-refractivity contribution >= 4 is 23.5 Å². The molecule has 152 valence electrons. The molecule has 0 aromatic heterocycles. The molecule has 1 saturated heterocycles. The SMILES string of the molecule is COc1cccc2c1CCC(C(Cc1cccc(F)c1)C1SCCCS1)C2C#N. The monoisotopic (exact) mass is 427 g/mol. The van der Waals surface area contributed by atoms with Gasteiger partial charge >= 0.3 is 0 Å². The lowest BCUT2D eigenvalue weighted by Crippen LogP contribution is -2.34. The number of hydrogen-bond acceptors (Lipinski definition) is 4. The van der Waals surface area contributed by atoms with Crippen molar-refractivity contribution in [1.29, 1.82) is 5.26 Å². The van der Waals surface area contributed by atoms with E-state index in [0.717, 1.165) is 36.1 Å². The van der Waals surface area contributed by atoms with Crippen LogP contribution in [0.25, 0.3) is 0 Å². The Morgan fingerprint density at radius 2 is 2.00 bits per heavy atom. The summed E-state index contributed by atoms with van der Waals surface area (Å²) in [6.45, 7) is 0. The van der Waals surface area contributed by atoms with Crippen LogP contribution in [-0.4, -0.2) is 23.2 Å². The molecule has 0 N–H and O–H groups in total. The molecule has 1 aliphatic carbocycles. The highest BCUT2D eigenvalue weighted by molar-refractivity contribution is 8.17. The normalized spacial score (nSPS) is 23.1. The molecule has 0 saturated carbocycles. The summed E-state index contributed by atoms with van der Waals surface area (Å²) < 4.78 is 19.9. The molecular weight excluding hydrogens is 401 g/mol. The van der Waals surface area contributed by atoms with Crippen molar-refractivity contribution in [2.75, 3.05) is 18.6 Å². The summed E-state index contributed by atoms with van der Waals surface area (Å²) in [5, 5.41) is 10.2. The quantitative estimate of drug-likeness (QED) is 0.581. The van der Waals surface area contributed by atoms with E-state index < -0.39 is 0 Å². The van der Waals surface area contributed by atoms with Crippen molar-refractivity contribution in [2.24, 2.45) is 11.8 Å². The zero-order chi connectivity index (χ0) is 20.2. The fourth-order valence-corrected chi connectivity index (χ4v) is 8.13. The van der Waals surface area contributed by atoms with Crippen LogP contribution >= 0.6 is 23.5 Å². The Hall–Kier alpha value is -1.64. The average molecular weight is 428 g/mol. The maximum Gasteiger partial charge on any atom is 0.123 e. The van der Waals surface area contributed by atoms with Gasteiger partial charge in [-0.15, -0.1) is 23.5 Å². The first-order valence-electron chi connectivity index (χ1n) is 10.2. The standard InChI is InChI=1S/C24H26FNOS2/c1-27-23-8-3-7-18-20(23)10-9-19(22(18)15-26)21(24-28-11-4-12-29-24)14-16-5-2-6-17(25)13-16/h2-3,5-8,13,19,21-22,24H,4,9-12,14H2,1H3. The number of nitriles is 1. The highest BCUT2D eigenvalue weighted by Gasteiger charge is 2.40. The average Bonchev–Trinajstić information content (AvgIpc) is 2.77. The molecule has 0 radical (unpaired) electrons. The summed E-state index contributed by atoms with van der Waals surface area (Å²) in [5.41, 5.74) is 3.35. The summed E-state index contributed by atoms with van der Waals surface area (Å²) in [6.07, 6.45) is 3.97. The summed E-state index contributed by atoms with van der Waals surface area (Å²) in [7, 11) is 1.70. The van der Waals surface area contributed by atoms with Crippen LogP contribution < -0.4 is 4.74 Å². The van der Waals surface area contributed by atoms with E-state index in [1.54, 1.807) is 19.2 Å². The molecule has 29 heavy (non-hydrogen) atoms. The van der Waals surface area contributed by atoms with Gasteiger partial charge in [-0.05, 0) is 83.9 Å². The smallest absolute Gasteiger partial charge is 0.123 e. The lowest BCUT2D eigenvalue weighted by molar-refractivity contribution is 0.288. The molecule has 1 heterocycles. The zero-order valence-corrected chi connectivity index (χ0v) is 18.3. The fourth-order valence-electron chi connectivity index (χ4n) is 4.81. The van der Waals surface area contributed by atoms with Gasteiger partial charge in [-0.3, -0.25) is 0 Å². The topological polar surface area (TPSA) is 33.0 Å². The van der Waals surface area contributed by atoms with Gasteiger partial charge in [0.15, 0.2) is 0 Å². The van der Waals surface area contributed by atoms with Crippen molar-refractivity contribution in [2.45, 2.75) is 36.2 Å². The van der Waals surface area contributed by atoms with Gasteiger partial charge in [0.25, 0.3) is 0 Å². The highest BCUT2D eigenvalue weighted by atomic mass is 32.2. The summed E-state index contributed by atoms with van der Waals surface area (Å²) >= 11 is 4.05. The van der Waals surface area contributed by atoms with Gasteiger partial charge in [0.1, 0.15) is 11.6 Å². The number of fused-ring (bicyclic) bond motifs is 1. The van der Waals surface area contributed by atoms with Gasteiger partial charge in [0, 0.05) is 0 Å². The maximum absolute atomic E-state index is 13.8. The second-order valence-corrected chi connectivity index (χ2v) is 10.6. The number of ether oxygens (including phenoxy) is 1. The van der Waals surface area contributed by atoms with E-state index in [0.29, 0.717) is 10.5 Å². The van der Waals surface area contributed by atoms with Gasteiger partial charge in [0.2, 0.25) is 0 Å². The molecular formula is C24H26FNOS2. The third-order valence-electron chi connectivity index (χ3n) is 6.13. The molecule has 2 aliphatic rings. The summed E-state index contributed by atoms with van der Waals surface area (Å²) in [5.74, 6) is 3.53. The fraction of sp³-hybridized carbons (Fsp3) is 0.458. The van der Waals surface area contributed by atoms with Crippen LogP contribution in [0.1, 0.15) is 35.4 Å². The van der Waals surface area contributed by atoms with Gasteiger partial charge in [-0.2, -0.15) is 5.26 Å². The van der Waals surface area contributed by atoms with Crippen LogP contribution in [0, 0.1) is 29.0 Å². The molecule has 2 nitrogen and oxygen atoms in total. The van der Waals surface area contributed by atoms with Crippen LogP contribution in [0.15, 0.2) is 42.5 Å². The third-order valence-corrected chi connectivity index (χ3v) is 9.35. The van der Waals surface area contributed by atoms with Crippen LogP contribution in [0.3, 0.4) is 0 Å². The van der Waals surface area contributed by atoms with Crippen LogP contribution in [-0.2, 0) is 12.8 Å². The number of benzene rings is 2. The Labute approximate surface area is 181 Å². The second-order valence-electron chi connectivity index (χ2n) is 7.80. The van der Waals surface area contributed by atoms with Crippen molar-refractivity contribution in [3.63, 3.8) is 0 Å². The minimum Gasteiger partial charge on any atom is -0.496 e. The number of thioether (sulfide) groups is 2. The molecule has 3 atom stereocenters. The van der Waals surface area contributed by atoms with E-state index in [-0.39, 0.29) is 17.7 Å². The number of rotatable bonds is 5. The molecule has 0 amide bonds. The molecule has 1 fully saturated rings. The predicted molar refractivity (Wildman–Crippen MR) is 120 cm³/mol. The van der Waals surface area contributed by atoms with Gasteiger partial charge in [-0.25, -0.2) is 4.39 Å². The molecule has 4 rings (SSSR count). The second kappa shape index (κ2) is 9.45. The number of hydrogen-bond donors (Lipinski definition) is 0. The Morgan fingerprint density at radius 3 is 2.72 bits per heavy atom. The third kappa shape index (κ3) is 4.44. The Morgan fingerprint density at radius 1 is 1.21 bits per heavy atom. The number of nitrogens with zero attached hydrogens (tertiary/aromatic N) is 1. The predicted octanol–water partition coefficient (Wildman–Crippen LogP) is 6.06. The van der Waals surface area contributed by atoms with E-state index in [9.17, 15) is 9.65 Å².